The number of amides is 2. The molecular weight excluding hydrogens is 532 g/mol. The van der Waals surface area contributed by atoms with Crippen LogP contribution in [0.25, 0.3) is 22.2 Å². The summed E-state index contributed by atoms with van der Waals surface area (Å²) in [7, 11) is 0. The first-order chi connectivity index (χ1) is 20.2. The lowest BCUT2D eigenvalue weighted by molar-refractivity contribution is 0.0237. The fraction of sp³-hybridized carbons (Fsp3) is 0.515. The predicted molar refractivity (Wildman–Crippen MR) is 161 cm³/mol. The molecule has 1 aromatic carbocycles. The molecule has 2 amide bonds. The van der Waals surface area contributed by atoms with Crippen LogP contribution in [0.3, 0.4) is 0 Å². The lowest BCUT2D eigenvalue weighted by Crippen LogP contribution is -2.37. The number of pyridine rings is 2. The van der Waals surface area contributed by atoms with E-state index in [9.17, 15) is 9.59 Å². The smallest absolute Gasteiger partial charge is 0.407 e. The molecule has 224 valence electrons. The Bertz CT molecular complexity index is 1360. The van der Waals surface area contributed by atoms with Gasteiger partial charge in [0.2, 0.25) is 5.88 Å². The van der Waals surface area contributed by atoms with Crippen molar-refractivity contribution in [2.75, 3.05) is 26.3 Å². The van der Waals surface area contributed by atoms with Crippen molar-refractivity contribution in [1.82, 2.24) is 20.6 Å². The Balaban J connectivity index is 1.18. The second-order valence-electron chi connectivity index (χ2n) is 12.4. The molecule has 0 unspecified atom stereocenters. The van der Waals surface area contributed by atoms with Crippen molar-refractivity contribution in [1.29, 1.82) is 0 Å². The summed E-state index contributed by atoms with van der Waals surface area (Å²) in [5, 5.41) is 6.90. The normalized spacial score (nSPS) is 19.7. The number of hydrogen-bond donors (Lipinski definition) is 2. The van der Waals surface area contributed by atoms with Crippen LogP contribution < -0.4 is 15.4 Å². The number of fused-ring (bicyclic) bond motifs is 1. The topological polar surface area (TPSA) is 112 Å². The zero-order valence-corrected chi connectivity index (χ0v) is 24.9. The van der Waals surface area contributed by atoms with Crippen molar-refractivity contribution in [3.63, 3.8) is 0 Å². The van der Waals surface area contributed by atoms with Crippen LogP contribution in [0.2, 0.25) is 0 Å². The predicted octanol–water partition coefficient (Wildman–Crippen LogP) is 5.92. The molecule has 0 atom stereocenters. The van der Waals surface area contributed by atoms with Gasteiger partial charge in [-0.05, 0) is 76.5 Å². The Morgan fingerprint density at radius 3 is 2.29 bits per heavy atom. The molecule has 2 fully saturated rings. The monoisotopic (exact) mass is 574 g/mol. The average Bonchev–Trinajstić information content (AvgIpc) is 2.99. The zero-order valence-electron chi connectivity index (χ0n) is 24.9. The van der Waals surface area contributed by atoms with Crippen molar-refractivity contribution in [3.05, 3.63) is 54.2 Å². The zero-order chi connectivity index (χ0) is 29.5. The number of carbonyl (C=O) groups excluding carboxylic acids is 2. The van der Waals surface area contributed by atoms with Gasteiger partial charge >= 0.3 is 6.09 Å². The molecule has 42 heavy (non-hydrogen) atoms. The van der Waals surface area contributed by atoms with Crippen molar-refractivity contribution in [3.8, 4) is 17.1 Å². The highest BCUT2D eigenvalue weighted by atomic mass is 16.6. The van der Waals surface area contributed by atoms with Crippen molar-refractivity contribution in [2.45, 2.75) is 71.0 Å². The maximum Gasteiger partial charge on any atom is 0.407 e. The van der Waals surface area contributed by atoms with Crippen LogP contribution in [0, 0.1) is 11.8 Å². The summed E-state index contributed by atoms with van der Waals surface area (Å²) in [6.45, 7) is 8.25. The number of benzene rings is 1. The quantitative estimate of drug-likeness (QED) is 0.344. The summed E-state index contributed by atoms with van der Waals surface area (Å²) in [5.74, 6) is 1.32. The number of rotatable bonds is 8. The van der Waals surface area contributed by atoms with E-state index in [4.69, 9.17) is 19.2 Å². The highest BCUT2D eigenvalue weighted by Gasteiger charge is 2.24. The molecular formula is C33H42N4O5. The fourth-order valence-electron chi connectivity index (χ4n) is 5.59. The highest BCUT2D eigenvalue weighted by molar-refractivity contribution is 6.07. The molecule has 0 radical (unpaired) electrons. The van der Waals surface area contributed by atoms with E-state index in [1.807, 2.05) is 63.2 Å². The van der Waals surface area contributed by atoms with Gasteiger partial charge in [0.15, 0.2) is 0 Å². The van der Waals surface area contributed by atoms with Crippen molar-refractivity contribution < 1.29 is 23.8 Å². The number of ether oxygens (including phenoxy) is 3. The van der Waals surface area contributed by atoms with Crippen LogP contribution in [0.5, 0.6) is 5.88 Å². The van der Waals surface area contributed by atoms with E-state index >= 15 is 0 Å². The third kappa shape index (κ3) is 8.18. The minimum absolute atomic E-state index is 0.101. The fourth-order valence-corrected chi connectivity index (χ4v) is 5.59. The van der Waals surface area contributed by atoms with Gasteiger partial charge in [0.1, 0.15) is 11.7 Å². The maximum absolute atomic E-state index is 13.5. The van der Waals surface area contributed by atoms with Gasteiger partial charge in [-0.15, -0.1) is 0 Å². The Morgan fingerprint density at radius 2 is 1.62 bits per heavy atom. The molecule has 1 aliphatic heterocycles. The average molecular weight is 575 g/mol. The third-order valence-corrected chi connectivity index (χ3v) is 7.90. The summed E-state index contributed by atoms with van der Waals surface area (Å²) in [5.41, 5.74) is 2.39. The molecule has 2 aromatic heterocycles. The number of aromatic nitrogens is 2. The van der Waals surface area contributed by atoms with E-state index in [1.165, 1.54) is 0 Å². The first kappa shape index (κ1) is 29.8. The van der Waals surface area contributed by atoms with Gasteiger partial charge in [-0.1, -0.05) is 18.2 Å². The summed E-state index contributed by atoms with van der Waals surface area (Å²) in [4.78, 5) is 34.8. The second-order valence-corrected chi connectivity index (χ2v) is 12.4. The number of nitrogens with zero attached hydrogens (tertiary/aromatic N) is 2. The molecule has 3 heterocycles. The van der Waals surface area contributed by atoms with E-state index < -0.39 is 5.60 Å². The molecule has 1 aliphatic carbocycles. The first-order valence-electron chi connectivity index (χ1n) is 15.1. The molecule has 2 N–H and O–H groups in total. The van der Waals surface area contributed by atoms with Crippen molar-refractivity contribution >= 4 is 22.9 Å². The number of hydrogen-bond acceptors (Lipinski definition) is 7. The minimum Gasteiger partial charge on any atom is -0.474 e. The molecule has 2 aliphatic rings. The molecule has 1 saturated heterocycles. The Hall–Kier alpha value is -3.72. The van der Waals surface area contributed by atoms with Crippen LogP contribution >= 0.6 is 0 Å². The van der Waals surface area contributed by atoms with Crippen LogP contribution in [0.15, 0.2) is 48.7 Å². The van der Waals surface area contributed by atoms with E-state index in [0.29, 0.717) is 55.3 Å². The molecule has 9 heteroatoms. The molecule has 0 bridgehead atoms. The lowest BCUT2D eigenvalue weighted by atomic mass is 9.82. The number of carbonyl (C=O) groups is 2. The van der Waals surface area contributed by atoms with E-state index in [0.717, 1.165) is 55.0 Å². The van der Waals surface area contributed by atoms with Crippen LogP contribution in [0.4, 0.5) is 4.79 Å². The molecule has 9 nitrogen and oxygen atoms in total. The third-order valence-electron chi connectivity index (χ3n) is 7.90. The van der Waals surface area contributed by atoms with Crippen LogP contribution in [0.1, 0.15) is 69.7 Å². The summed E-state index contributed by atoms with van der Waals surface area (Å²) in [6, 6.07) is 13.4. The number of nitrogens with one attached hydrogen (secondary N) is 2. The second kappa shape index (κ2) is 13.5. The number of alkyl carbamates (subject to hydrolysis) is 1. The van der Waals surface area contributed by atoms with Gasteiger partial charge in [-0.3, -0.25) is 4.79 Å². The van der Waals surface area contributed by atoms with E-state index in [-0.39, 0.29) is 18.1 Å². The van der Waals surface area contributed by atoms with Crippen LogP contribution in [-0.2, 0) is 9.47 Å². The van der Waals surface area contributed by atoms with Crippen LogP contribution in [-0.4, -0.2) is 60.0 Å². The standard InChI is InChI=1S/C33H42N4O5/c1-33(2,3)42-32(39)36-20-23-10-8-22(9-11-23)19-35-31(38)27-18-29(37-28-7-5-4-6-26(27)28)24-12-13-30(34-21-24)41-25-14-16-40-17-15-25/h4-7,12-13,18,21-23,25H,8-11,14-17,19-20H2,1-3H3,(H,35,38)(H,36,39). The SMILES string of the molecule is CC(C)(C)OC(=O)NCC1CCC(CNC(=O)c2cc(-c3ccc(OC4CCOCC4)nc3)nc3ccccc23)CC1. The molecule has 1 saturated carbocycles. The Labute approximate surface area is 247 Å². The summed E-state index contributed by atoms with van der Waals surface area (Å²) >= 11 is 0. The summed E-state index contributed by atoms with van der Waals surface area (Å²) in [6.07, 6.45) is 7.28. The van der Waals surface area contributed by atoms with Gasteiger partial charge in [0.05, 0.1) is 30.0 Å². The molecule has 5 rings (SSSR count). The van der Waals surface area contributed by atoms with Gasteiger partial charge in [0, 0.05) is 49.1 Å². The highest BCUT2D eigenvalue weighted by Crippen LogP contribution is 2.29. The minimum atomic E-state index is -0.498. The number of para-hydroxylation sites is 1. The van der Waals surface area contributed by atoms with E-state index in [1.54, 1.807) is 6.20 Å². The first-order valence-corrected chi connectivity index (χ1v) is 15.1. The van der Waals surface area contributed by atoms with E-state index in [2.05, 4.69) is 15.6 Å². The Morgan fingerprint density at radius 1 is 0.929 bits per heavy atom. The van der Waals surface area contributed by atoms with Gasteiger partial charge in [-0.2, -0.15) is 0 Å². The molecule has 3 aromatic rings. The van der Waals surface area contributed by atoms with Gasteiger partial charge in [0.25, 0.3) is 5.91 Å². The lowest BCUT2D eigenvalue weighted by Gasteiger charge is -2.29. The largest absolute Gasteiger partial charge is 0.474 e. The Kier molecular flexibility index (Phi) is 9.57. The summed E-state index contributed by atoms with van der Waals surface area (Å²) < 4.78 is 16.8. The van der Waals surface area contributed by atoms with Crippen molar-refractivity contribution in [2.24, 2.45) is 11.8 Å². The van der Waals surface area contributed by atoms with Gasteiger partial charge < -0.3 is 24.8 Å². The maximum atomic E-state index is 13.5. The van der Waals surface area contributed by atoms with Gasteiger partial charge in [-0.25, -0.2) is 14.8 Å². The molecule has 0 spiro atoms.